The standard InChI is InChI=1S/C12H14O3/c1-8(10-6-4-3-5-7-10)11(14)12(15)9(2)13/h3-9,13H,1-2H3. The Morgan fingerprint density at radius 3 is 2.07 bits per heavy atom. The van der Waals surface area contributed by atoms with Crippen molar-refractivity contribution in [2.45, 2.75) is 25.9 Å². The van der Waals surface area contributed by atoms with E-state index in [1.807, 2.05) is 18.2 Å². The van der Waals surface area contributed by atoms with Crippen LogP contribution in [0.4, 0.5) is 0 Å². The van der Waals surface area contributed by atoms with Crippen LogP contribution >= 0.6 is 0 Å². The van der Waals surface area contributed by atoms with E-state index in [1.165, 1.54) is 6.92 Å². The lowest BCUT2D eigenvalue weighted by atomic mass is 9.93. The van der Waals surface area contributed by atoms with Gasteiger partial charge in [0.05, 0.1) is 0 Å². The second kappa shape index (κ2) is 4.84. The Morgan fingerprint density at radius 1 is 1.07 bits per heavy atom. The fourth-order valence-electron chi connectivity index (χ4n) is 1.31. The van der Waals surface area contributed by atoms with E-state index in [1.54, 1.807) is 19.1 Å². The summed E-state index contributed by atoms with van der Waals surface area (Å²) in [6, 6.07) is 9.05. The van der Waals surface area contributed by atoms with Gasteiger partial charge in [0.2, 0.25) is 11.6 Å². The van der Waals surface area contributed by atoms with Crippen LogP contribution in [0, 0.1) is 0 Å². The number of benzene rings is 1. The largest absolute Gasteiger partial charge is 0.385 e. The molecule has 0 aliphatic heterocycles. The van der Waals surface area contributed by atoms with Gasteiger partial charge in [-0.2, -0.15) is 0 Å². The molecule has 0 spiro atoms. The summed E-state index contributed by atoms with van der Waals surface area (Å²) in [5.41, 5.74) is 0.788. The Morgan fingerprint density at radius 2 is 1.60 bits per heavy atom. The van der Waals surface area contributed by atoms with Crippen LogP contribution in [0.5, 0.6) is 0 Å². The zero-order valence-corrected chi connectivity index (χ0v) is 8.81. The van der Waals surface area contributed by atoms with Gasteiger partial charge in [0, 0.05) is 5.92 Å². The third kappa shape index (κ3) is 2.73. The minimum Gasteiger partial charge on any atom is -0.385 e. The van der Waals surface area contributed by atoms with Gasteiger partial charge in [-0.1, -0.05) is 37.3 Å². The molecule has 1 rings (SSSR count). The number of Topliss-reactive ketones (excluding diaryl/α,β-unsaturated/α-hetero) is 2. The first-order valence-electron chi connectivity index (χ1n) is 4.85. The van der Waals surface area contributed by atoms with Crippen molar-refractivity contribution in [1.29, 1.82) is 0 Å². The van der Waals surface area contributed by atoms with Gasteiger partial charge in [-0.3, -0.25) is 9.59 Å². The monoisotopic (exact) mass is 206 g/mol. The van der Waals surface area contributed by atoms with Crippen LogP contribution in [0.2, 0.25) is 0 Å². The number of hydrogen-bond donors (Lipinski definition) is 1. The molecule has 0 aliphatic carbocycles. The first kappa shape index (κ1) is 11.6. The normalized spacial score (nSPS) is 14.3. The van der Waals surface area contributed by atoms with Gasteiger partial charge < -0.3 is 5.11 Å². The number of ketones is 2. The topological polar surface area (TPSA) is 54.4 Å². The molecule has 1 N–H and O–H groups in total. The first-order chi connectivity index (χ1) is 7.04. The summed E-state index contributed by atoms with van der Waals surface area (Å²) in [6.45, 7) is 2.97. The average molecular weight is 206 g/mol. The smallest absolute Gasteiger partial charge is 0.227 e. The molecule has 2 atom stereocenters. The summed E-state index contributed by atoms with van der Waals surface area (Å²) >= 11 is 0. The van der Waals surface area contributed by atoms with E-state index < -0.39 is 23.6 Å². The van der Waals surface area contributed by atoms with Crippen molar-refractivity contribution in [2.24, 2.45) is 0 Å². The van der Waals surface area contributed by atoms with Crippen LogP contribution in [0.3, 0.4) is 0 Å². The molecule has 0 saturated carbocycles. The fraction of sp³-hybridized carbons (Fsp3) is 0.333. The van der Waals surface area contributed by atoms with Crippen LogP contribution in [0.15, 0.2) is 30.3 Å². The van der Waals surface area contributed by atoms with E-state index in [0.717, 1.165) is 5.56 Å². The number of aliphatic hydroxyl groups excluding tert-OH is 1. The highest BCUT2D eigenvalue weighted by atomic mass is 16.3. The molecular formula is C12H14O3. The zero-order valence-electron chi connectivity index (χ0n) is 8.81. The molecule has 0 aromatic heterocycles. The Kier molecular flexibility index (Phi) is 3.74. The zero-order chi connectivity index (χ0) is 11.4. The second-order valence-corrected chi connectivity index (χ2v) is 3.54. The molecule has 3 nitrogen and oxygen atoms in total. The summed E-state index contributed by atoms with van der Waals surface area (Å²) in [7, 11) is 0. The lowest BCUT2D eigenvalue weighted by molar-refractivity contribution is -0.141. The molecule has 0 amide bonds. The lowest BCUT2D eigenvalue weighted by Crippen LogP contribution is -2.29. The number of hydrogen-bond acceptors (Lipinski definition) is 3. The molecule has 0 radical (unpaired) electrons. The van der Waals surface area contributed by atoms with Gasteiger partial charge in [0.15, 0.2) is 0 Å². The Labute approximate surface area is 88.7 Å². The molecule has 0 saturated heterocycles. The molecule has 1 aromatic carbocycles. The lowest BCUT2D eigenvalue weighted by Gasteiger charge is -2.10. The van der Waals surface area contributed by atoms with Crippen molar-refractivity contribution in [3.05, 3.63) is 35.9 Å². The maximum atomic E-state index is 11.6. The van der Waals surface area contributed by atoms with Crippen molar-refractivity contribution < 1.29 is 14.7 Å². The Bertz CT molecular complexity index is 354. The van der Waals surface area contributed by atoms with Crippen LogP contribution in [0.1, 0.15) is 25.3 Å². The molecule has 0 bridgehead atoms. The summed E-state index contributed by atoms with van der Waals surface area (Å²) in [6.07, 6.45) is -1.22. The van der Waals surface area contributed by atoms with Gasteiger partial charge in [0.25, 0.3) is 0 Å². The first-order valence-corrected chi connectivity index (χ1v) is 4.85. The Hall–Kier alpha value is -1.48. The number of rotatable bonds is 4. The average Bonchev–Trinajstić information content (AvgIpc) is 2.27. The highest BCUT2D eigenvalue weighted by Gasteiger charge is 2.25. The van der Waals surface area contributed by atoms with Crippen molar-refractivity contribution in [2.75, 3.05) is 0 Å². The Balaban J connectivity index is 2.82. The molecule has 80 valence electrons. The molecule has 1 aromatic rings. The fourth-order valence-corrected chi connectivity index (χ4v) is 1.31. The van der Waals surface area contributed by atoms with Gasteiger partial charge in [-0.15, -0.1) is 0 Å². The number of aliphatic hydroxyl groups is 1. The van der Waals surface area contributed by atoms with E-state index >= 15 is 0 Å². The summed E-state index contributed by atoms with van der Waals surface area (Å²) < 4.78 is 0. The van der Waals surface area contributed by atoms with E-state index in [2.05, 4.69) is 0 Å². The molecule has 0 aliphatic rings. The summed E-state index contributed by atoms with van der Waals surface area (Å²) in [5, 5.41) is 9.02. The third-order valence-electron chi connectivity index (χ3n) is 2.32. The van der Waals surface area contributed by atoms with Crippen molar-refractivity contribution in [1.82, 2.24) is 0 Å². The van der Waals surface area contributed by atoms with Gasteiger partial charge in [-0.05, 0) is 12.5 Å². The van der Waals surface area contributed by atoms with E-state index in [-0.39, 0.29) is 0 Å². The summed E-state index contributed by atoms with van der Waals surface area (Å²) in [5.74, 6) is -1.77. The van der Waals surface area contributed by atoms with Gasteiger partial charge in [0.1, 0.15) is 6.10 Å². The maximum absolute atomic E-state index is 11.6. The van der Waals surface area contributed by atoms with E-state index in [9.17, 15) is 9.59 Å². The third-order valence-corrected chi connectivity index (χ3v) is 2.32. The summed E-state index contributed by atoms with van der Waals surface area (Å²) in [4.78, 5) is 22.8. The molecule has 3 heteroatoms. The minimum absolute atomic E-state index is 0.492. The van der Waals surface area contributed by atoms with E-state index in [4.69, 9.17) is 5.11 Å². The molecule has 2 unspecified atom stereocenters. The van der Waals surface area contributed by atoms with Gasteiger partial charge >= 0.3 is 0 Å². The quantitative estimate of drug-likeness (QED) is 0.756. The highest BCUT2D eigenvalue weighted by Crippen LogP contribution is 2.16. The van der Waals surface area contributed by atoms with Crippen molar-refractivity contribution in [3.8, 4) is 0 Å². The minimum atomic E-state index is -1.22. The molecule has 0 fully saturated rings. The predicted octanol–water partition coefficient (Wildman–Crippen LogP) is 1.31. The number of carbonyl (C=O) groups is 2. The van der Waals surface area contributed by atoms with Crippen LogP contribution in [-0.4, -0.2) is 22.8 Å². The highest BCUT2D eigenvalue weighted by molar-refractivity contribution is 6.40. The SMILES string of the molecule is CC(O)C(=O)C(=O)C(C)c1ccccc1. The number of carbonyl (C=O) groups excluding carboxylic acids is 2. The van der Waals surface area contributed by atoms with Crippen molar-refractivity contribution >= 4 is 11.6 Å². The molecule has 0 heterocycles. The maximum Gasteiger partial charge on any atom is 0.227 e. The van der Waals surface area contributed by atoms with E-state index in [0.29, 0.717) is 0 Å². The second-order valence-electron chi connectivity index (χ2n) is 3.54. The van der Waals surface area contributed by atoms with Crippen LogP contribution in [-0.2, 0) is 9.59 Å². The predicted molar refractivity (Wildman–Crippen MR) is 56.6 cm³/mol. The van der Waals surface area contributed by atoms with Gasteiger partial charge in [-0.25, -0.2) is 0 Å². The van der Waals surface area contributed by atoms with Crippen LogP contribution in [0.25, 0.3) is 0 Å². The molecule has 15 heavy (non-hydrogen) atoms. The molecular weight excluding hydrogens is 192 g/mol. The van der Waals surface area contributed by atoms with Crippen molar-refractivity contribution in [3.63, 3.8) is 0 Å². The van der Waals surface area contributed by atoms with Crippen LogP contribution < -0.4 is 0 Å².